The molecule has 0 aromatic heterocycles. The number of nitrogens with zero attached hydrogens (tertiary/aromatic N) is 3. The molecule has 2 unspecified atom stereocenters. The lowest BCUT2D eigenvalue weighted by atomic mass is 10.2. The Kier molecular flexibility index (Phi) is 6.33. The first kappa shape index (κ1) is 13.9. The summed E-state index contributed by atoms with van der Waals surface area (Å²) in [6.45, 7) is 6.79. The second-order valence-corrected chi connectivity index (χ2v) is 4.86. The molecule has 0 aromatic carbocycles. The Morgan fingerprint density at radius 1 is 0.786 bits per heavy atom. The topological polar surface area (TPSA) is 9.72 Å². The smallest absolute Gasteiger partial charge is 0.0192 e. The van der Waals surface area contributed by atoms with Crippen LogP contribution in [0, 0.1) is 0 Å². The summed E-state index contributed by atoms with van der Waals surface area (Å²) in [5, 5.41) is 0. The molecule has 3 nitrogen and oxygen atoms in total. The third-order valence-corrected chi connectivity index (χ3v) is 2.82. The fourth-order valence-electron chi connectivity index (χ4n) is 1.43. The molecule has 0 spiro atoms. The van der Waals surface area contributed by atoms with Crippen molar-refractivity contribution in [1.29, 1.82) is 0 Å². The van der Waals surface area contributed by atoms with Crippen LogP contribution in [0.3, 0.4) is 0 Å². The Morgan fingerprint density at radius 2 is 1.29 bits per heavy atom. The molecule has 0 heterocycles. The van der Waals surface area contributed by atoms with Gasteiger partial charge >= 0.3 is 0 Å². The summed E-state index contributed by atoms with van der Waals surface area (Å²) in [6, 6.07) is 1.23. The molecule has 0 aliphatic rings. The summed E-state index contributed by atoms with van der Waals surface area (Å²) in [6.07, 6.45) is 0. The molecule has 0 aliphatic carbocycles. The summed E-state index contributed by atoms with van der Waals surface area (Å²) in [4.78, 5) is 6.92. The van der Waals surface area contributed by atoms with Gasteiger partial charge in [0.25, 0.3) is 0 Å². The van der Waals surface area contributed by atoms with Gasteiger partial charge in [-0.25, -0.2) is 0 Å². The lowest BCUT2D eigenvalue weighted by Gasteiger charge is -2.31. The molecule has 14 heavy (non-hydrogen) atoms. The third kappa shape index (κ3) is 5.58. The van der Waals surface area contributed by atoms with E-state index in [1.807, 2.05) is 0 Å². The molecular weight excluding hydrogens is 174 g/mol. The van der Waals surface area contributed by atoms with Crippen LogP contribution in [0.2, 0.25) is 0 Å². The summed E-state index contributed by atoms with van der Waals surface area (Å²) >= 11 is 0. The molecule has 86 valence electrons. The largest absolute Gasteiger partial charge is 0.308 e. The Labute approximate surface area is 89.7 Å². The molecule has 0 aromatic rings. The monoisotopic (exact) mass is 201 g/mol. The molecule has 0 rings (SSSR count). The highest BCUT2D eigenvalue weighted by molar-refractivity contribution is 4.71. The van der Waals surface area contributed by atoms with Crippen molar-refractivity contribution in [1.82, 2.24) is 14.7 Å². The van der Waals surface area contributed by atoms with Gasteiger partial charge in [0.2, 0.25) is 0 Å². The van der Waals surface area contributed by atoms with Crippen LogP contribution in [0.5, 0.6) is 0 Å². The predicted octanol–water partition coefficient (Wildman–Crippen LogP) is 0.818. The van der Waals surface area contributed by atoms with Crippen LogP contribution in [0.1, 0.15) is 13.8 Å². The maximum Gasteiger partial charge on any atom is 0.0192 e. The van der Waals surface area contributed by atoms with E-state index >= 15 is 0 Å². The maximum atomic E-state index is 2.42. The van der Waals surface area contributed by atoms with E-state index < -0.39 is 0 Å². The Bertz CT molecular complexity index is 145. The molecule has 3 heteroatoms. The van der Waals surface area contributed by atoms with Crippen molar-refractivity contribution < 1.29 is 0 Å². The number of rotatable bonds is 6. The van der Waals surface area contributed by atoms with Gasteiger partial charge in [-0.05, 0) is 49.1 Å². The van der Waals surface area contributed by atoms with Crippen molar-refractivity contribution in [3.05, 3.63) is 0 Å². The van der Waals surface area contributed by atoms with Gasteiger partial charge in [-0.15, -0.1) is 0 Å². The second kappa shape index (κ2) is 6.38. The van der Waals surface area contributed by atoms with E-state index in [9.17, 15) is 0 Å². The van der Waals surface area contributed by atoms with Crippen LogP contribution in [0.4, 0.5) is 0 Å². The molecule has 0 aliphatic heterocycles. The van der Waals surface area contributed by atoms with Crippen LogP contribution >= 0.6 is 0 Å². The van der Waals surface area contributed by atoms with Gasteiger partial charge < -0.3 is 14.7 Å². The molecule has 0 amide bonds. The summed E-state index contributed by atoms with van der Waals surface area (Å²) in [5.41, 5.74) is 0. The third-order valence-electron chi connectivity index (χ3n) is 2.82. The summed E-state index contributed by atoms with van der Waals surface area (Å²) in [5.74, 6) is 0. The Morgan fingerprint density at radius 3 is 1.64 bits per heavy atom. The standard InChI is InChI=1S/C11H27N3/c1-10(13(5)6)9-14(7)11(2)8-12(3)4/h10-11H,8-9H2,1-7H3. The van der Waals surface area contributed by atoms with Gasteiger partial charge in [0.1, 0.15) is 0 Å². The first-order valence-corrected chi connectivity index (χ1v) is 5.36. The van der Waals surface area contributed by atoms with Crippen molar-refractivity contribution in [2.45, 2.75) is 25.9 Å². The van der Waals surface area contributed by atoms with Crippen LogP contribution < -0.4 is 0 Å². The van der Waals surface area contributed by atoms with Crippen molar-refractivity contribution in [2.24, 2.45) is 0 Å². The zero-order valence-electron chi connectivity index (χ0n) is 10.9. The molecule has 0 radical (unpaired) electrons. The van der Waals surface area contributed by atoms with Gasteiger partial charge in [0.15, 0.2) is 0 Å². The van der Waals surface area contributed by atoms with Crippen LogP contribution in [-0.4, -0.2) is 75.1 Å². The second-order valence-electron chi connectivity index (χ2n) is 4.86. The normalized spacial score (nSPS) is 16.7. The zero-order valence-corrected chi connectivity index (χ0v) is 10.9. The average Bonchev–Trinajstić information content (AvgIpc) is 2.02. The minimum absolute atomic E-state index is 0.615. The Balaban J connectivity index is 3.88. The molecule has 0 N–H and O–H groups in total. The SMILES string of the molecule is CC(CN(C)C(C)CN(C)C)N(C)C. The average molecular weight is 201 g/mol. The van der Waals surface area contributed by atoms with Crippen molar-refractivity contribution in [3.8, 4) is 0 Å². The first-order valence-electron chi connectivity index (χ1n) is 5.36. The van der Waals surface area contributed by atoms with E-state index in [-0.39, 0.29) is 0 Å². The fourth-order valence-corrected chi connectivity index (χ4v) is 1.43. The lowest BCUT2D eigenvalue weighted by Crippen LogP contribution is -2.44. The van der Waals surface area contributed by atoms with Gasteiger partial charge in [-0.2, -0.15) is 0 Å². The predicted molar refractivity (Wildman–Crippen MR) is 63.8 cm³/mol. The molecule has 0 saturated carbocycles. The quantitative estimate of drug-likeness (QED) is 0.630. The number of likely N-dealkylation sites (N-methyl/N-ethyl adjacent to an activating group) is 3. The lowest BCUT2D eigenvalue weighted by molar-refractivity contribution is 0.162. The minimum atomic E-state index is 0.615. The molecule has 0 fully saturated rings. The fraction of sp³-hybridized carbons (Fsp3) is 1.00. The summed E-state index contributed by atoms with van der Waals surface area (Å²) in [7, 11) is 10.7. The van der Waals surface area contributed by atoms with E-state index in [0.717, 1.165) is 13.1 Å². The van der Waals surface area contributed by atoms with E-state index in [1.54, 1.807) is 0 Å². The van der Waals surface area contributed by atoms with Crippen LogP contribution in [0.25, 0.3) is 0 Å². The van der Waals surface area contributed by atoms with E-state index in [0.29, 0.717) is 12.1 Å². The maximum absolute atomic E-state index is 2.42. The first-order chi connectivity index (χ1) is 6.34. The zero-order chi connectivity index (χ0) is 11.3. The van der Waals surface area contributed by atoms with Gasteiger partial charge in [0, 0.05) is 25.2 Å². The highest BCUT2D eigenvalue weighted by atomic mass is 15.2. The van der Waals surface area contributed by atoms with Crippen molar-refractivity contribution in [3.63, 3.8) is 0 Å². The minimum Gasteiger partial charge on any atom is -0.308 e. The van der Waals surface area contributed by atoms with E-state index in [2.05, 4.69) is 63.8 Å². The molecule has 2 atom stereocenters. The van der Waals surface area contributed by atoms with Crippen LogP contribution in [-0.2, 0) is 0 Å². The van der Waals surface area contributed by atoms with Crippen molar-refractivity contribution >= 4 is 0 Å². The van der Waals surface area contributed by atoms with Crippen LogP contribution in [0.15, 0.2) is 0 Å². The molecular formula is C11H27N3. The van der Waals surface area contributed by atoms with Gasteiger partial charge in [-0.1, -0.05) is 0 Å². The molecule has 0 saturated heterocycles. The van der Waals surface area contributed by atoms with E-state index in [4.69, 9.17) is 0 Å². The van der Waals surface area contributed by atoms with Crippen molar-refractivity contribution in [2.75, 3.05) is 48.3 Å². The highest BCUT2D eigenvalue weighted by Crippen LogP contribution is 2.01. The summed E-state index contributed by atoms with van der Waals surface area (Å²) < 4.78 is 0. The van der Waals surface area contributed by atoms with Gasteiger partial charge in [0.05, 0.1) is 0 Å². The molecule has 0 bridgehead atoms. The number of hydrogen-bond donors (Lipinski definition) is 0. The van der Waals surface area contributed by atoms with Gasteiger partial charge in [-0.3, -0.25) is 0 Å². The number of hydrogen-bond acceptors (Lipinski definition) is 3. The van der Waals surface area contributed by atoms with E-state index in [1.165, 1.54) is 0 Å². The highest BCUT2D eigenvalue weighted by Gasteiger charge is 2.13. The Hall–Kier alpha value is -0.120.